The number of rotatable bonds is 10. The molecule has 0 spiro atoms. The second-order valence-electron chi connectivity index (χ2n) is 7.76. The van der Waals surface area contributed by atoms with Gasteiger partial charge in [0.25, 0.3) is 0 Å². The number of aryl methyl sites for hydroxylation is 1. The van der Waals surface area contributed by atoms with Gasteiger partial charge in [0.1, 0.15) is 12.6 Å². The lowest BCUT2D eigenvalue weighted by molar-refractivity contribution is -0.149. The van der Waals surface area contributed by atoms with E-state index in [0.717, 1.165) is 5.56 Å². The molecule has 2 unspecified atom stereocenters. The first kappa shape index (κ1) is 24.2. The summed E-state index contributed by atoms with van der Waals surface area (Å²) in [6.45, 7) is 5.65. The lowest BCUT2D eigenvalue weighted by Gasteiger charge is -2.33. The number of esters is 1. The van der Waals surface area contributed by atoms with E-state index in [-0.39, 0.29) is 37.0 Å². The van der Waals surface area contributed by atoms with Crippen LogP contribution >= 0.6 is 11.8 Å². The van der Waals surface area contributed by atoms with Gasteiger partial charge in [-0.3, -0.25) is 19.7 Å². The van der Waals surface area contributed by atoms with Crippen LogP contribution in [0.15, 0.2) is 30.3 Å². The number of ether oxygens (including phenoxy) is 1. The summed E-state index contributed by atoms with van der Waals surface area (Å²) in [5.74, 6) is -0.400. The third-order valence-electron chi connectivity index (χ3n) is 5.17. The summed E-state index contributed by atoms with van der Waals surface area (Å²) in [7, 11) is 0. The maximum absolute atomic E-state index is 13.2. The van der Waals surface area contributed by atoms with Crippen LogP contribution in [0.3, 0.4) is 0 Å². The molecule has 1 aliphatic heterocycles. The maximum atomic E-state index is 13.2. The number of amides is 1. The fourth-order valence-corrected chi connectivity index (χ4v) is 4.97. The van der Waals surface area contributed by atoms with Crippen LogP contribution in [0.1, 0.15) is 32.8 Å². The summed E-state index contributed by atoms with van der Waals surface area (Å²) >= 11 is 1.61. The first-order valence-corrected chi connectivity index (χ1v) is 11.6. The molecule has 1 fully saturated rings. The number of aliphatic carboxylic acids is 1. The number of hydrogen-bond acceptors (Lipinski definition) is 6. The molecule has 2 N–H and O–H groups in total. The van der Waals surface area contributed by atoms with Crippen molar-refractivity contribution < 1.29 is 24.2 Å². The van der Waals surface area contributed by atoms with Crippen LogP contribution in [-0.2, 0) is 25.5 Å². The van der Waals surface area contributed by atoms with E-state index in [4.69, 9.17) is 4.74 Å². The Kier molecular flexibility index (Phi) is 9.65. The molecule has 0 aliphatic carbocycles. The molecule has 1 heterocycles. The standard InChI is InChI=1S/C22H32N2O5S/c1-4-29-22(28)17(11-10-16-8-6-5-7-9-16)23-18-13-30-14-19(15(2)3)24(21(18)27)12-20(25)26/h5-9,15,17-19,23H,4,10-14H2,1-3H3,(H,25,26)/t17-,18?,19?/m0/s1. The highest BCUT2D eigenvalue weighted by atomic mass is 32.2. The Bertz CT molecular complexity index is 713. The average Bonchev–Trinajstić information content (AvgIpc) is 2.85. The van der Waals surface area contributed by atoms with Crippen LogP contribution in [0.4, 0.5) is 0 Å². The number of carbonyl (C=O) groups is 3. The molecular formula is C22H32N2O5S. The van der Waals surface area contributed by atoms with Crippen molar-refractivity contribution in [3.05, 3.63) is 35.9 Å². The minimum Gasteiger partial charge on any atom is -0.480 e. The van der Waals surface area contributed by atoms with Gasteiger partial charge in [0.05, 0.1) is 12.6 Å². The predicted octanol–water partition coefficient (Wildman–Crippen LogP) is 2.19. The number of nitrogens with one attached hydrogen (secondary N) is 1. The van der Waals surface area contributed by atoms with Crippen molar-refractivity contribution in [3.63, 3.8) is 0 Å². The second kappa shape index (κ2) is 12.0. The number of thioether (sulfide) groups is 1. The maximum Gasteiger partial charge on any atom is 0.323 e. The van der Waals surface area contributed by atoms with Gasteiger partial charge in [-0.05, 0) is 31.2 Å². The number of nitrogens with zero attached hydrogens (tertiary/aromatic N) is 1. The quantitative estimate of drug-likeness (QED) is 0.543. The summed E-state index contributed by atoms with van der Waals surface area (Å²) in [4.78, 5) is 38.6. The fraction of sp³-hybridized carbons (Fsp3) is 0.591. The molecule has 0 bridgehead atoms. The topological polar surface area (TPSA) is 95.9 Å². The number of hydrogen-bond donors (Lipinski definition) is 2. The van der Waals surface area contributed by atoms with Crippen LogP contribution in [0, 0.1) is 5.92 Å². The number of carbonyl (C=O) groups excluding carboxylic acids is 2. The fourth-order valence-electron chi connectivity index (χ4n) is 3.55. The molecule has 7 nitrogen and oxygen atoms in total. The monoisotopic (exact) mass is 436 g/mol. The Morgan fingerprint density at radius 1 is 1.27 bits per heavy atom. The third-order valence-corrected chi connectivity index (χ3v) is 6.31. The Morgan fingerprint density at radius 3 is 2.57 bits per heavy atom. The molecule has 1 saturated heterocycles. The van der Waals surface area contributed by atoms with E-state index in [1.54, 1.807) is 18.7 Å². The van der Waals surface area contributed by atoms with Gasteiger partial charge in [0.2, 0.25) is 5.91 Å². The highest BCUT2D eigenvalue weighted by Gasteiger charge is 2.37. The second-order valence-corrected chi connectivity index (χ2v) is 8.83. The van der Waals surface area contributed by atoms with Crippen molar-refractivity contribution in [1.29, 1.82) is 0 Å². The summed E-state index contributed by atoms with van der Waals surface area (Å²) in [6, 6.07) is 8.40. The Balaban J connectivity index is 2.16. The molecule has 0 aromatic heterocycles. The van der Waals surface area contributed by atoms with Crippen molar-refractivity contribution in [1.82, 2.24) is 10.2 Å². The van der Waals surface area contributed by atoms with E-state index < -0.39 is 18.1 Å². The molecule has 3 atom stereocenters. The normalized spacial score (nSPS) is 20.7. The first-order chi connectivity index (χ1) is 14.3. The van der Waals surface area contributed by atoms with Gasteiger partial charge >= 0.3 is 11.9 Å². The molecule has 0 radical (unpaired) electrons. The summed E-state index contributed by atoms with van der Waals surface area (Å²) in [5.41, 5.74) is 1.10. The summed E-state index contributed by atoms with van der Waals surface area (Å²) in [5, 5.41) is 12.5. The van der Waals surface area contributed by atoms with Gasteiger partial charge in [-0.15, -0.1) is 0 Å². The lowest BCUT2D eigenvalue weighted by Crippen LogP contribution is -2.56. The molecule has 1 aromatic carbocycles. The van der Waals surface area contributed by atoms with Gasteiger partial charge in [-0.2, -0.15) is 11.8 Å². The van der Waals surface area contributed by atoms with Gasteiger partial charge in [-0.25, -0.2) is 0 Å². The third kappa shape index (κ3) is 7.02. The first-order valence-electron chi connectivity index (χ1n) is 10.4. The van der Waals surface area contributed by atoms with E-state index in [9.17, 15) is 19.5 Å². The SMILES string of the molecule is CCOC(=O)[C@H](CCc1ccccc1)NC1CSCC(C(C)C)N(CC(=O)O)C1=O. The molecule has 166 valence electrons. The zero-order valence-electron chi connectivity index (χ0n) is 17.9. The van der Waals surface area contributed by atoms with Crippen LogP contribution in [0.2, 0.25) is 0 Å². The molecule has 8 heteroatoms. The molecule has 0 saturated carbocycles. The molecule has 30 heavy (non-hydrogen) atoms. The molecule has 1 amide bonds. The molecule has 2 rings (SSSR count). The Labute approximate surface area is 182 Å². The van der Waals surface area contributed by atoms with E-state index in [1.807, 2.05) is 44.2 Å². The van der Waals surface area contributed by atoms with Gasteiger partial charge in [0.15, 0.2) is 0 Å². The van der Waals surface area contributed by atoms with E-state index in [1.165, 1.54) is 4.90 Å². The zero-order valence-corrected chi connectivity index (χ0v) is 18.7. The lowest BCUT2D eigenvalue weighted by atomic mass is 10.0. The summed E-state index contributed by atoms with van der Waals surface area (Å²) in [6.07, 6.45) is 1.16. The van der Waals surface area contributed by atoms with Crippen molar-refractivity contribution in [3.8, 4) is 0 Å². The van der Waals surface area contributed by atoms with E-state index in [0.29, 0.717) is 24.3 Å². The smallest absolute Gasteiger partial charge is 0.323 e. The summed E-state index contributed by atoms with van der Waals surface area (Å²) < 4.78 is 5.22. The van der Waals surface area contributed by atoms with Crippen molar-refractivity contribution in [2.45, 2.75) is 51.7 Å². The minimum absolute atomic E-state index is 0.137. The van der Waals surface area contributed by atoms with Crippen LogP contribution < -0.4 is 5.32 Å². The van der Waals surface area contributed by atoms with E-state index in [2.05, 4.69) is 5.32 Å². The van der Waals surface area contributed by atoms with Crippen LogP contribution in [0.25, 0.3) is 0 Å². The highest BCUT2D eigenvalue weighted by molar-refractivity contribution is 7.99. The van der Waals surface area contributed by atoms with Crippen molar-refractivity contribution >= 4 is 29.6 Å². The van der Waals surface area contributed by atoms with Gasteiger partial charge < -0.3 is 14.7 Å². The van der Waals surface area contributed by atoms with E-state index >= 15 is 0 Å². The molecular weight excluding hydrogens is 404 g/mol. The highest BCUT2D eigenvalue weighted by Crippen LogP contribution is 2.23. The van der Waals surface area contributed by atoms with Crippen molar-refractivity contribution in [2.24, 2.45) is 5.92 Å². The largest absolute Gasteiger partial charge is 0.480 e. The average molecular weight is 437 g/mol. The number of carboxylic acids is 1. The minimum atomic E-state index is -1.04. The van der Waals surface area contributed by atoms with Gasteiger partial charge in [-0.1, -0.05) is 44.2 Å². The Morgan fingerprint density at radius 2 is 1.97 bits per heavy atom. The van der Waals surface area contributed by atoms with Crippen LogP contribution in [0.5, 0.6) is 0 Å². The number of benzene rings is 1. The predicted molar refractivity (Wildman–Crippen MR) is 117 cm³/mol. The Hall–Kier alpha value is -2.06. The molecule has 1 aromatic rings. The number of carboxylic acid groups (broad SMARTS) is 1. The molecule has 1 aliphatic rings. The van der Waals surface area contributed by atoms with Crippen LogP contribution in [-0.4, -0.2) is 70.6 Å². The van der Waals surface area contributed by atoms with Gasteiger partial charge in [0, 0.05) is 17.5 Å². The van der Waals surface area contributed by atoms with Crippen molar-refractivity contribution in [2.75, 3.05) is 24.7 Å². The zero-order chi connectivity index (χ0) is 22.1.